The van der Waals surface area contributed by atoms with Gasteiger partial charge in [-0.2, -0.15) is 0 Å². The summed E-state index contributed by atoms with van der Waals surface area (Å²) in [6.45, 7) is 3.91. The summed E-state index contributed by atoms with van der Waals surface area (Å²) in [5.74, 6) is 0.785. The SMILES string of the molecule is Cc1cccc(N[C@H](C)c2ccc(S(N)(=O)=O)cc2)n1. The first kappa shape index (κ1) is 14.5. The summed E-state index contributed by atoms with van der Waals surface area (Å²) in [6.07, 6.45) is 0. The normalized spacial score (nSPS) is 12.9. The lowest BCUT2D eigenvalue weighted by Gasteiger charge is -2.15. The number of pyridine rings is 1. The highest BCUT2D eigenvalue weighted by atomic mass is 32.2. The Morgan fingerprint density at radius 1 is 1.15 bits per heavy atom. The number of nitrogens with one attached hydrogen (secondary N) is 1. The van der Waals surface area contributed by atoms with E-state index in [9.17, 15) is 8.42 Å². The van der Waals surface area contributed by atoms with Crippen LogP contribution < -0.4 is 10.5 Å². The Bertz CT molecular complexity index is 697. The molecule has 1 aromatic carbocycles. The van der Waals surface area contributed by atoms with Gasteiger partial charge in [-0.25, -0.2) is 18.5 Å². The highest BCUT2D eigenvalue weighted by molar-refractivity contribution is 7.89. The molecule has 0 saturated heterocycles. The summed E-state index contributed by atoms with van der Waals surface area (Å²) in [5.41, 5.74) is 1.90. The molecule has 5 nitrogen and oxygen atoms in total. The van der Waals surface area contributed by atoms with E-state index in [0.717, 1.165) is 17.1 Å². The second-order valence-corrected chi connectivity index (χ2v) is 6.21. The predicted molar refractivity (Wildman–Crippen MR) is 78.8 cm³/mol. The van der Waals surface area contributed by atoms with Crippen molar-refractivity contribution in [2.75, 3.05) is 5.32 Å². The van der Waals surface area contributed by atoms with Crippen LogP contribution in [-0.2, 0) is 10.0 Å². The fourth-order valence-corrected chi connectivity index (χ4v) is 2.39. The summed E-state index contributed by atoms with van der Waals surface area (Å²) in [4.78, 5) is 4.48. The molecule has 0 unspecified atom stereocenters. The quantitative estimate of drug-likeness (QED) is 0.904. The molecule has 6 heteroatoms. The number of rotatable bonds is 4. The fraction of sp³-hybridized carbons (Fsp3) is 0.214. The largest absolute Gasteiger partial charge is 0.364 e. The molecule has 0 bridgehead atoms. The molecule has 2 rings (SSSR count). The van der Waals surface area contributed by atoms with Crippen LogP contribution in [0.25, 0.3) is 0 Å². The summed E-state index contributed by atoms with van der Waals surface area (Å²) in [7, 11) is -3.64. The summed E-state index contributed by atoms with van der Waals surface area (Å²) in [6, 6.07) is 12.3. The van der Waals surface area contributed by atoms with E-state index in [1.807, 2.05) is 32.0 Å². The number of nitrogens with zero attached hydrogens (tertiary/aromatic N) is 1. The van der Waals surface area contributed by atoms with Crippen LogP contribution in [0.3, 0.4) is 0 Å². The van der Waals surface area contributed by atoms with Crippen molar-refractivity contribution in [2.45, 2.75) is 24.8 Å². The highest BCUT2D eigenvalue weighted by Crippen LogP contribution is 2.19. The van der Waals surface area contributed by atoms with E-state index in [-0.39, 0.29) is 10.9 Å². The van der Waals surface area contributed by atoms with Gasteiger partial charge in [0, 0.05) is 11.7 Å². The maximum atomic E-state index is 11.2. The van der Waals surface area contributed by atoms with Crippen molar-refractivity contribution in [2.24, 2.45) is 5.14 Å². The minimum absolute atomic E-state index is 0.0128. The second-order valence-electron chi connectivity index (χ2n) is 4.64. The number of anilines is 1. The van der Waals surface area contributed by atoms with Crippen LogP contribution in [0.15, 0.2) is 47.4 Å². The number of nitrogens with two attached hydrogens (primary N) is 1. The molecular formula is C14H17N3O2S. The van der Waals surface area contributed by atoms with Crippen molar-refractivity contribution in [3.8, 4) is 0 Å². The van der Waals surface area contributed by atoms with E-state index < -0.39 is 10.0 Å². The Labute approximate surface area is 118 Å². The van der Waals surface area contributed by atoms with Gasteiger partial charge in [0.2, 0.25) is 10.0 Å². The molecule has 0 radical (unpaired) electrons. The monoisotopic (exact) mass is 291 g/mol. The molecule has 1 heterocycles. The van der Waals surface area contributed by atoms with E-state index in [4.69, 9.17) is 5.14 Å². The molecule has 3 N–H and O–H groups in total. The van der Waals surface area contributed by atoms with Crippen LogP contribution in [0.2, 0.25) is 0 Å². The Kier molecular flexibility index (Phi) is 4.06. The van der Waals surface area contributed by atoms with Crippen LogP contribution in [0, 0.1) is 6.92 Å². The van der Waals surface area contributed by atoms with Gasteiger partial charge in [0.15, 0.2) is 0 Å². The number of sulfonamides is 1. The first-order chi connectivity index (χ1) is 9.36. The molecule has 20 heavy (non-hydrogen) atoms. The summed E-state index contributed by atoms with van der Waals surface area (Å²) in [5, 5.41) is 8.34. The van der Waals surface area contributed by atoms with E-state index >= 15 is 0 Å². The average Bonchev–Trinajstić information content (AvgIpc) is 2.38. The van der Waals surface area contributed by atoms with Crippen molar-refractivity contribution >= 4 is 15.8 Å². The Morgan fingerprint density at radius 2 is 1.80 bits per heavy atom. The number of aryl methyl sites for hydroxylation is 1. The lowest BCUT2D eigenvalue weighted by molar-refractivity contribution is 0.597. The minimum atomic E-state index is -3.64. The smallest absolute Gasteiger partial charge is 0.238 e. The van der Waals surface area contributed by atoms with Crippen LogP contribution in [0.1, 0.15) is 24.2 Å². The molecule has 1 atom stereocenters. The van der Waals surface area contributed by atoms with Gasteiger partial charge in [-0.15, -0.1) is 0 Å². The fourth-order valence-electron chi connectivity index (χ4n) is 1.87. The molecule has 106 valence electrons. The number of aromatic nitrogens is 1. The van der Waals surface area contributed by atoms with E-state index in [2.05, 4.69) is 10.3 Å². The maximum absolute atomic E-state index is 11.2. The standard InChI is InChI=1S/C14H17N3O2S/c1-10-4-3-5-14(16-10)17-11(2)12-6-8-13(9-7-12)20(15,18)19/h3-9,11H,1-2H3,(H,16,17)(H2,15,18,19)/t11-/m1/s1. The molecule has 0 amide bonds. The molecule has 0 aliphatic rings. The van der Waals surface area contributed by atoms with E-state index in [1.54, 1.807) is 12.1 Å². The third-order valence-electron chi connectivity index (χ3n) is 2.96. The number of hydrogen-bond acceptors (Lipinski definition) is 4. The second kappa shape index (κ2) is 5.60. The van der Waals surface area contributed by atoms with Gasteiger partial charge < -0.3 is 5.32 Å². The predicted octanol–water partition coefficient (Wildman–Crippen LogP) is 2.21. The van der Waals surface area contributed by atoms with Crippen molar-refractivity contribution < 1.29 is 8.42 Å². The van der Waals surface area contributed by atoms with Gasteiger partial charge in [0.25, 0.3) is 0 Å². The minimum Gasteiger partial charge on any atom is -0.364 e. The van der Waals surface area contributed by atoms with Crippen molar-refractivity contribution in [1.82, 2.24) is 4.98 Å². The van der Waals surface area contributed by atoms with Gasteiger partial charge in [0.1, 0.15) is 5.82 Å². The molecule has 2 aromatic rings. The highest BCUT2D eigenvalue weighted by Gasteiger charge is 2.10. The lowest BCUT2D eigenvalue weighted by atomic mass is 10.1. The Hall–Kier alpha value is -1.92. The first-order valence-corrected chi connectivity index (χ1v) is 7.74. The number of benzene rings is 1. The van der Waals surface area contributed by atoms with Crippen LogP contribution in [0.5, 0.6) is 0 Å². The first-order valence-electron chi connectivity index (χ1n) is 6.19. The molecule has 1 aromatic heterocycles. The van der Waals surface area contributed by atoms with Gasteiger partial charge in [0.05, 0.1) is 4.90 Å². The molecule has 0 aliphatic heterocycles. The summed E-state index contributed by atoms with van der Waals surface area (Å²) >= 11 is 0. The van der Waals surface area contributed by atoms with E-state index in [0.29, 0.717) is 0 Å². The van der Waals surface area contributed by atoms with Crippen LogP contribution in [0.4, 0.5) is 5.82 Å². The molecule has 0 fully saturated rings. The number of hydrogen-bond donors (Lipinski definition) is 2. The van der Waals surface area contributed by atoms with Crippen LogP contribution >= 0.6 is 0 Å². The third kappa shape index (κ3) is 3.55. The summed E-state index contributed by atoms with van der Waals surface area (Å²) < 4.78 is 22.4. The lowest BCUT2D eigenvalue weighted by Crippen LogP contribution is -2.13. The zero-order chi connectivity index (χ0) is 14.8. The molecule has 0 spiro atoms. The van der Waals surface area contributed by atoms with Gasteiger partial charge in [-0.1, -0.05) is 18.2 Å². The third-order valence-corrected chi connectivity index (χ3v) is 3.89. The number of primary sulfonamides is 1. The van der Waals surface area contributed by atoms with Gasteiger partial charge in [-0.05, 0) is 43.7 Å². The van der Waals surface area contributed by atoms with Gasteiger partial charge >= 0.3 is 0 Å². The van der Waals surface area contributed by atoms with Crippen molar-refractivity contribution in [3.63, 3.8) is 0 Å². The topological polar surface area (TPSA) is 85.1 Å². The molecular weight excluding hydrogens is 274 g/mol. The van der Waals surface area contributed by atoms with Gasteiger partial charge in [-0.3, -0.25) is 0 Å². The van der Waals surface area contributed by atoms with E-state index in [1.165, 1.54) is 12.1 Å². The zero-order valence-corrected chi connectivity index (χ0v) is 12.2. The maximum Gasteiger partial charge on any atom is 0.238 e. The van der Waals surface area contributed by atoms with Crippen molar-refractivity contribution in [1.29, 1.82) is 0 Å². The Balaban J connectivity index is 2.15. The molecule has 0 aliphatic carbocycles. The Morgan fingerprint density at radius 3 is 2.35 bits per heavy atom. The van der Waals surface area contributed by atoms with Crippen molar-refractivity contribution in [3.05, 3.63) is 53.7 Å². The zero-order valence-electron chi connectivity index (χ0n) is 11.4. The average molecular weight is 291 g/mol. The molecule has 0 saturated carbocycles. The van der Waals surface area contributed by atoms with Crippen LogP contribution in [-0.4, -0.2) is 13.4 Å².